The molecular formula is C22H36N2O. The number of ketones is 1. The van der Waals surface area contributed by atoms with E-state index >= 15 is 0 Å². The molecule has 0 aromatic carbocycles. The lowest BCUT2D eigenvalue weighted by atomic mass is 9.83. The lowest BCUT2D eigenvalue weighted by molar-refractivity contribution is -0.121. The fraction of sp³-hybridized carbons (Fsp3) is 0.636. The number of carbonyl (C=O) groups excluding carboxylic acids is 1. The number of allylic oxidation sites excluding steroid dienone is 5. The molecule has 0 radical (unpaired) electrons. The smallest absolute Gasteiger partial charge is 0.170 e. The molecule has 1 aliphatic carbocycles. The molecule has 0 atom stereocenters. The van der Waals surface area contributed by atoms with Crippen molar-refractivity contribution in [2.75, 3.05) is 7.05 Å². The first-order valence-corrected chi connectivity index (χ1v) is 9.49. The van der Waals surface area contributed by atoms with Gasteiger partial charge in [-0.05, 0) is 52.2 Å². The van der Waals surface area contributed by atoms with Gasteiger partial charge in [-0.25, -0.2) is 4.99 Å². The summed E-state index contributed by atoms with van der Waals surface area (Å²) in [5, 5.41) is 0. The molecular weight excluding hydrogens is 308 g/mol. The molecule has 0 heterocycles. The molecule has 25 heavy (non-hydrogen) atoms. The Kier molecular flexibility index (Phi) is 7.85. The van der Waals surface area contributed by atoms with Crippen LogP contribution in [0.25, 0.3) is 0 Å². The van der Waals surface area contributed by atoms with Crippen molar-refractivity contribution in [3.05, 3.63) is 35.2 Å². The SMILES string of the molecule is CC=C(C)C(=N/C(=C\C)N(C)C1CCCC1)/C(=C\C)C(=O)C(C)(C)C. The summed E-state index contributed by atoms with van der Waals surface area (Å²) in [5.74, 6) is 1.08. The van der Waals surface area contributed by atoms with E-state index in [4.69, 9.17) is 4.99 Å². The number of Topliss-reactive ketones (excluding diaryl/α,β-unsaturated/α-hetero) is 1. The molecule has 3 nitrogen and oxygen atoms in total. The minimum Gasteiger partial charge on any atom is -0.357 e. The Morgan fingerprint density at radius 3 is 2.00 bits per heavy atom. The Bertz CT molecular complexity index is 594. The van der Waals surface area contributed by atoms with Crippen molar-refractivity contribution in [3.8, 4) is 0 Å². The van der Waals surface area contributed by atoms with Gasteiger partial charge in [0.25, 0.3) is 0 Å². The summed E-state index contributed by atoms with van der Waals surface area (Å²) in [6.45, 7) is 13.9. The average Bonchev–Trinajstić information content (AvgIpc) is 3.10. The van der Waals surface area contributed by atoms with Gasteiger partial charge in [0.2, 0.25) is 0 Å². The van der Waals surface area contributed by atoms with Crippen LogP contribution in [0.1, 0.15) is 74.1 Å². The van der Waals surface area contributed by atoms with Crippen LogP contribution in [0.2, 0.25) is 0 Å². The van der Waals surface area contributed by atoms with Gasteiger partial charge < -0.3 is 4.90 Å². The van der Waals surface area contributed by atoms with Gasteiger partial charge in [-0.15, -0.1) is 0 Å². The highest BCUT2D eigenvalue weighted by Gasteiger charge is 2.28. The maximum atomic E-state index is 12.9. The Hall–Kier alpha value is -1.64. The van der Waals surface area contributed by atoms with Crippen LogP contribution in [0.3, 0.4) is 0 Å². The third-order valence-electron chi connectivity index (χ3n) is 4.99. The second kappa shape index (κ2) is 9.17. The van der Waals surface area contributed by atoms with Crippen molar-refractivity contribution in [1.29, 1.82) is 0 Å². The predicted octanol–water partition coefficient (Wildman–Crippen LogP) is 5.69. The van der Waals surface area contributed by atoms with E-state index in [1.165, 1.54) is 25.7 Å². The number of nitrogens with zero attached hydrogens (tertiary/aromatic N) is 2. The number of aliphatic imine (C=N–C) groups is 1. The summed E-state index contributed by atoms with van der Waals surface area (Å²) < 4.78 is 0. The van der Waals surface area contributed by atoms with E-state index in [2.05, 4.69) is 18.0 Å². The molecule has 0 aromatic heterocycles. The Labute approximate surface area is 154 Å². The molecule has 1 fully saturated rings. The van der Waals surface area contributed by atoms with Crippen LogP contribution in [-0.4, -0.2) is 29.5 Å². The largest absolute Gasteiger partial charge is 0.357 e. The number of rotatable bonds is 6. The molecule has 0 aromatic rings. The molecule has 1 saturated carbocycles. The quantitative estimate of drug-likeness (QED) is 0.458. The summed E-state index contributed by atoms with van der Waals surface area (Å²) in [5.41, 5.74) is 2.11. The third-order valence-corrected chi connectivity index (χ3v) is 4.99. The summed E-state index contributed by atoms with van der Waals surface area (Å²) in [7, 11) is 2.12. The van der Waals surface area contributed by atoms with Crippen molar-refractivity contribution >= 4 is 11.5 Å². The summed E-state index contributed by atoms with van der Waals surface area (Å²) in [6, 6.07) is 0.550. The molecule has 3 heteroatoms. The Balaban J connectivity index is 3.33. The van der Waals surface area contributed by atoms with Crippen LogP contribution < -0.4 is 0 Å². The van der Waals surface area contributed by atoms with Gasteiger partial charge in [0.1, 0.15) is 5.82 Å². The molecule has 0 aliphatic heterocycles. The lowest BCUT2D eigenvalue weighted by Gasteiger charge is -2.28. The summed E-state index contributed by atoms with van der Waals surface area (Å²) in [6.07, 6.45) is 11.0. The predicted molar refractivity (Wildman–Crippen MR) is 109 cm³/mol. The standard InChI is InChI=1S/C22H36N2O/c1-9-16(4)20(18(10-2)21(25)22(5,6)7)23-19(11-3)24(8)17-14-12-13-15-17/h9-11,17H,12-15H2,1-8H3/b16-9?,18-10+,19-11+,23-20-. The molecule has 0 amide bonds. The minimum absolute atomic E-state index is 0.133. The lowest BCUT2D eigenvalue weighted by Crippen LogP contribution is -2.30. The average molecular weight is 345 g/mol. The van der Waals surface area contributed by atoms with Gasteiger partial charge in [0, 0.05) is 24.1 Å². The zero-order valence-corrected chi connectivity index (χ0v) is 17.4. The third kappa shape index (κ3) is 5.42. The molecule has 0 N–H and O–H groups in total. The van der Waals surface area contributed by atoms with Crippen molar-refractivity contribution < 1.29 is 4.79 Å². The molecule has 1 aliphatic rings. The summed E-state index contributed by atoms with van der Waals surface area (Å²) >= 11 is 0. The van der Waals surface area contributed by atoms with Crippen LogP contribution in [-0.2, 0) is 4.79 Å². The van der Waals surface area contributed by atoms with E-state index in [1.54, 1.807) is 0 Å². The highest BCUT2D eigenvalue weighted by molar-refractivity contribution is 6.29. The van der Waals surface area contributed by atoms with Crippen LogP contribution in [0.4, 0.5) is 0 Å². The first kappa shape index (κ1) is 21.4. The van der Waals surface area contributed by atoms with Crippen LogP contribution in [0.5, 0.6) is 0 Å². The molecule has 0 spiro atoms. The van der Waals surface area contributed by atoms with Gasteiger partial charge in [-0.3, -0.25) is 4.79 Å². The monoisotopic (exact) mass is 344 g/mol. The molecule has 0 unspecified atom stereocenters. The van der Waals surface area contributed by atoms with Gasteiger partial charge >= 0.3 is 0 Å². The van der Waals surface area contributed by atoms with E-state index in [0.717, 1.165) is 17.1 Å². The number of hydrogen-bond acceptors (Lipinski definition) is 3. The maximum absolute atomic E-state index is 12.9. The minimum atomic E-state index is -0.427. The van der Waals surface area contributed by atoms with Crippen LogP contribution in [0, 0.1) is 5.41 Å². The highest BCUT2D eigenvalue weighted by atomic mass is 16.1. The second-order valence-electron chi connectivity index (χ2n) is 7.91. The fourth-order valence-electron chi connectivity index (χ4n) is 3.22. The highest BCUT2D eigenvalue weighted by Crippen LogP contribution is 2.27. The topological polar surface area (TPSA) is 32.7 Å². The number of carbonyl (C=O) groups is 1. The van der Waals surface area contributed by atoms with Crippen molar-refractivity contribution in [3.63, 3.8) is 0 Å². The van der Waals surface area contributed by atoms with Crippen LogP contribution >= 0.6 is 0 Å². The van der Waals surface area contributed by atoms with Crippen molar-refractivity contribution in [2.24, 2.45) is 10.4 Å². The normalized spacial score (nSPS) is 18.7. The van der Waals surface area contributed by atoms with Crippen molar-refractivity contribution in [1.82, 2.24) is 4.90 Å². The van der Waals surface area contributed by atoms with Gasteiger partial charge in [-0.1, -0.05) is 45.8 Å². The van der Waals surface area contributed by atoms with E-state index < -0.39 is 5.41 Å². The first-order valence-electron chi connectivity index (χ1n) is 9.49. The van der Waals surface area contributed by atoms with Crippen LogP contribution in [0.15, 0.2) is 40.2 Å². The molecule has 0 saturated heterocycles. The molecule has 0 bridgehead atoms. The van der Waals surface area contributed by atoms with E-state index in [-0.39, 0.29) is 5.78 Å². The van der Waals surface area contributed by atoms with E-state index in [1.807, 2.05) is 60.6 Å². The zero-order chi connectivity index (χ0) is 19.2. The Morgan fingerprint density at radius 2 is 1.60 bits per heavy atom. The fourth-order valence-corrected chi connectivity index (χ4v) is 3.22. The first-order chi connectivity index (χ1) is 11.7. The molecule has 1 rings (SSSR count). The summed E-state index contributed by atoms with van der Waals surface area (Å²) in [4.78, 5) is 20.2. The van der Waals surface area contributed by atoms with Gasteiger partial charge in [0.15, 0.2) is 5.78 Å². The van der Waals surface area contributed by atoms with Crippen molar-refractivity contribution in [2.45, 2.75) is 80.2 Å². The van der Waals surface area contributed by atoms with E-state index in [9.17, 15) is 4.79 Å². The van der Waals surface area contributed by atoms with Gasteiger partial charge in [0.05, 0.1) is 5.71 Å². The van der Waals surface area contributed by atoms with Gasteiger partial charge in [-0.2, -0.15) is 0 Å². The molecule has 140 valence electrons. The zero-order valence-electron chi connectivity index (χ0n) is 17.4. The van der Waals surface area contributed by atoms with E-state index in [0.29, 0.717) is 11.6 Å². The Morgan fingerprint density at radius 1 is 1.04 bits per heavy atom. The maximum Gasteiger partial charge on any atom is 0.170 e. The second-order valence-corrected chi connectivity index (χ2v) is 7.91. The number of hydrogen-bond donors (Lipinski definition) is 0.